The van der Waals surface area contributed by atoms with Crippen LogP contribution < -0.4 is 5.32 Å². The summed E-state index contributed by atoms with van der Waals surface area (Å²) in [4.78, 5) is 0. The summed E-state index contributed by atoms with van der Waals surface area (Å²) in [5.74, 6) is -0.465. The molecule has 0 spiro atoms. The summed E-state index contributed by atoms with van der Waals surface area (Å²) in [5.41, 5.74) is 0. The van der Waals surface area contributed by atoms with Crippen LogP contribution in [0.2, 0.25) is 0 Å². The van der Waals surface area contributed by atoms with Crippen LogP contribution in [-0.4, -0.2) is 51.5 Å². The molecule has 1 heterocycles. The van der Waals surface area contributed by atoms with Crippen LogP contribution in [0.15, 0.2) is 0 Å². The minimum Gasteiger partial charge on any atom is -0.465 e. The van der Waals surface area contributed by atoms with Crippen LogP contribution in [0.25, 0.3) is 0 Å². The molecule has 5 nitrogen and oxygen atoms in total. The van der Waals surface area contributed by atoms with Crippen molar-refractivity contribution in [2.45, 2.75) is 24.4 Å². The van der Waals surface area contributed by atoms with E-state index in [0.717, 1.165) is 0 Å². The van der Waals surface area contributed by atoms with Crippen molar-refractivity contribution in [3.8, 4) is 0 Å². The molecule has 1 aliphatic heterocycles. The van der Waals surface area contributed by atoms with Crippen molar-refractivity contribution in [1.82, 2.24) is 5.32 Å². The number of nitrogens with one attached hydrogen (secondary N) is 1. The van der Waals surface area contributed by atoms with Gasteiger partial charge >= 0.3 is 0 Å². The molecule has 0 amide bonds. The first-order valence-corrected chi connectivity index (χ1v) is 4.50. The second-order valence-electron chi connectivity index (χ2n) is 3.37. The molecule has 2 fully saturated rings. The number of thiocarbonyl (C=S) groups is 1. The maximum absolute atomic E-state index is 9.52. The third-order valence-corrected chi connectivity index (χ3v) is 2.88. The first kappa shape index (κ1) is 9.14. The third kappa shape index (κ3) is 1.21. The second-order valence-corrected chi connectivity index (χ2v) is 3.74. The molecule has 6 heteroatoms. The molecule has 1 saturated carbocycles. The number of fused-ring (bicyclic) bond motifs is 1. The van der Waals surface area contributed by atoms with Crippen molar-refractivity contribution < 1.29 is 20.1 Å². The van der Waals surface area contributed by atoms with Gasteiger partial charge in [0, 0.05) is 5.92 Å². The van der Waals surface area contributed by atoms with Crippen molar-refractivity contribution in [1.29, 1.82) is 0 Å². The van der Waals surface area contributed by atoms with Crippen molar-refractivity contribution in [3.63, 3.8) is 0 Å². The Balaban J connectivity index is 2.19. The molecule has 2 aliphatic rings. The number of aliphatic hydroxyl groups excluding tert-OH is 3. The number of rotatable bonds is 1. The van der Waals surface area contributed by atoms with Gasteiger partial charge in [0.25, 0.3) is 5.17 Å². The van der Waals surface area contributed by atoms with E-state index in [1.165, 1.54) is 0 Å². The van der Waals surface area contributed by atoms with Crippen LogP contribution >= 0.6 is 12.2 Å². The zero-order valence-electron chi connectivity index (χ0n) is 6.75. The molecule has 0 aromatic carbocycles. The van der Waals surface area contributed by atoms with Crippen LogP contribution in [-0.2, 0) is 4.74 Å². The van der Waals surface area contributed by atoms with Gasteiger partial charge in [-0.3, -0.25) is 0 Å². The molecule has 0 radical (unpaired) electrons. The summed E-state index contributed by atoms with van der Waals surface area (Å²) in [6, 6.07) is -0.389. The predicted molar refractivity (Wildman–Crippen MR) is 47.0 cm³/mol. The first-order valence-electron chi connectivity index (χ1n) is 4.09. The fourth-order valence-electron chi connectivity index (χ4n) is 1.95. The number of aliphatic hydroxyl groups is 3. The number of hydrogen-bond donors (Lipinski definition) is 4. The van der Waals surface area contributed by atoms with Crippen molar-refractivity contribution in [2.75, 3.05) is 6.61 Å². The van der Waals surface area contributed by atoms with Gasteiger partial charge in [0.05, 0.1) is 18.8 Å². The summed E-state index contributed by atoms with van der Waals surface area (Å²) in [6.45, 7) is -0.219. The quantitative estimate of drug-likeness (QED) is 0.370. The minimum atomic E-state index is -0.949. The molecule has 4 N–H and O–H groups in total. The maximum atomic E-state index is 9.52. The molecule has 0 unspecified atom stereocenters. The lowest BCUT2D eigenvalue weighted by atomic mass is 10.1. The predicted octanol–water partition coefficient (Wildman–Crippen LogP) is -2.03. The molecule has 74 valence electrons. The Morgan fingerprint density at radius 2 is 2.08 bits per heavy atom. The van der Waals surface area contributed by atoms with Crippen molar-refractivity contribution in [3.05, 3.63) is 0 Å². The van der Waals surface area contributed by atoms with Crippen LogP contribution in [0.4, 0.5) is 0 Å². The highest BCUT2D eigenvalue weighted by Gasteiger charge is 2.54. The average Bonchev–Trinajstić information content (AvgIpc) is 2.54. The lowest BCUT2D eigenvalue weighted by Crippen LogP contribution is -2.40. The van der Waals surface area contributed by atoms with Gasteiger partial charge in [-0.15, -0.1) is 0 Å². The van der Waals surface area contributed by atoms with E-state index >= 15 is 0 Å². The van der Waals surface area contributed by atoms with E-state index in [-0.39, 0.29) is 17.8 Å². The summed E-state index contributed by atoms with van der Waals surface area (Å²) in [7, 11) is 0. The van der Waals surface area contributed by atoms with E-state index in [1.807, 2.05) is 0 Å². The lowest BCUT2D eigenvalue weighted by molar-refractivity contribution is -0.00830. The first-order chi connectivity index (χ1) is 6.15. The Morgan fingerprint density at radius 1 is 1.38 bits per heavy atom. The van der Waals surface area contributed by atoms with Gasteiger partial charge in [0.1, 0.15) is 12.2 Å². The number of hydrogen-bond acceptors (Lipinski definition) is 5. The summed E-state index contributed by atoms with van der Waals surface area (Å²) < 4.78 is 5.17. The Kier molecular flexibility index (Phi) is 2.15. The van der Waals surface area contributed by atoms with Gasteiger partial charge < -0.3 is 25.4 Å². The fourth-order valence-corrected chi connectivity index (χ4v) is 2.20. The normalized spacial score (nSPS) is 48.5. The molecule has 0 bridgehead atoms. The smallest absolute Gasteiger partial charge is 0.257 e. The van der Waals surface area contributed by atoms with E-state index in [4.69, 9.17) is 22.1 Å². The minimum absolute atomic E-state index is 0.219. The van der Waals surface area contributed by atoms with Crippen molar-refractivity contribution in [2.24, 2.45) is 5.92 Å². The zero-order chi connectivity index (χ0) is 9.59. The fraction of sp³-hybridized carbons (Fsp3) is 0.857. The molecule has 1 aliphatic carbocycles. The molecular formula is C7H11NO4S. The van der Waals surface area contributed by atoms with Crippen LogP contribution in [0.1, 0.15) is 0 Å². The molecule has 2 rings (SSSR count). The SMILES string of the molecule is OC[C@@H]1[C@@H](O)[C@H](O)[C@H]2NC(=S)O[C@@H]12. The molecule has 5 atom stereocenters. The van der Waals surface area contributed by atoms with E-state index in [1.54, 1.807) is 0 Å². The average molecular weight is 205 g/mol. The Labute approximate surface area is 80.3 Å². The van der Waals surface area contributed by atoms with Gasteiger partial charge in [0.15, 0.2) is 0 Å². The maximum Gasteiger partial charge on any atom is 0.257 e. The van der Waals surface area contributed by atoms with E-state index < -0.39 is 24.2 Å². The second kappa shape index (κ2) is 3.06. The Bertz CT molecular complexity index is 237. The standard InChI is InChI=1S/C7H11NO4S/c9-1-2-4(10)5(11)3-6(2)12-7(13)8-3/h2-6,9-11H,1H2,(H,8,13)/t2-,3-,4-,5-,6+/m1/s1. The molecule has 0 aromatic heterocycles. The Morgan fingerprint density at radius 3 is 2.69 bits per heavy atom. The number of ether oxygens (including phenoxy) is 1. The topological polar surface area (TPSA) is 82.0 Å². The third-order valence-electron chi connectivity index (χ3n) is 2.67. The highest BCUT2D eigenvalue weighted by atomic mass is 32.1. The van der Waals surface area contributed by atoms with Crippen LogP contribution in [0.3, 0.4) is 0 Å². The lowest BCUT2D eigenvalue weighted by Gasteiger charge is -2.17. The van der Waals surface area contributed by atoms with Gasteiger partial charge in [-0.2, -0.15) is 0 Å². The molecular weight excluding hydrogens is 194 g/mol. The monoisotopic (exact) mass is 205 g/mol. The summed E-state index contributed by atoms with van der Waals surface area (Å²) >= 11 is 4.76. The highest BCUT2D eigenvalue weighted by molar-refractivity contribution is 7.80. The molecule has 13 heavy (non-hydrogen) atoms. The van der Waals surface area contributed by atoms with Crippen molar-refractivity contribution >= 4 is 17.4 Å². The van der Waals surface area contributed by atoms with Gasteiger partial charge in [0.2, 0.25) is 0 Å². The van der Waals surface area contributed by atoms with E-state index in [9.17, 15) is 10.2 Å². The van der Waals surface area contributed by atoms with Crippen LogP contribution in [0, 0.1) is 5.92 Å². The highest BCUT2D eigenvalue weighted by Crippen LogP contribution is 2.32. The molecule has 0 aromatic rings. The van der Waals surface area contributed by atoms with E-state index in [2.05, 4.69) is 5.32 Å². The summed E-state index contributed by atoms with van der Waals surface area (Å²) in [6.07, 6.45) is -2.29. The van der Waals surface area contributed by atoms with Gasteiger partial charge in [-0.05, 0) is 12.2 Å². The largest absolute Gasteiger partial charge is 0.465 e. The van der Waals surface area contributed by atoms with Crippen LogP contribution in [0.5, 0.6) is 0 Å². The Hall–Kier alpha value is -0.430. The molecule has 1 saturated heterocycles. The zero-order valence-corrected chi connectivity index (χ0v) is 7.57. The van der Waals surface area contributed by atoms with E-state index in [0.29, 0.717) is 0 Å². The summed E-state index contributed by atoms with van der Waals surface area (Å²) in [5, 5.41) is 30.9. The van der Waals surface area contributed by atoms with Gasteiger partial charge in [-0.25, -0.2) is 0 Å². The van der Waals surface area contributed by atoms with Gasteiger partial charge in [-0.1, -0.05) is 0 Å².